The molecule has 8 heteroatoms. The van der Waals surface area contributed by atoms with Crippen molar-refractivity contribution in [3.63, 3.8) is 0 Å². The Labute approximate surface area is 150 Å². The predicted molar refractivity (Wildman–Crippen MR) is 94.3 cm³/mol. The van der Waals surface area contributed by atoms with Gasteiger partial charge in [-0.15, -0.1) is 0 Å². The van der Waals surface area contributed by atoms with E-state index in [1.165, 1.54) is 4.90 Å². The van der Waals surface area contributed by atoms with Crippen molar-refractivity contribution in [3.05, 3.63) is 35.7 Å². The van der Waals surface area contributed by atoms with Crippen molar-refractivity contribution < 1.29 is 18.8 Å². The number of aryl methyl sites for hydroxylation is 1. The number of ether oxygens (including phenoxy) is 1. The first-order chi connectivity index (χ1) is 12.5. The third kappa shape index (κ3) is 2.87. The van der Waals surface area contributed by atoms with E-state index in [2.05, 4.69) is 10.5 Å². The van der Waals surface area contributed by atoms with Crippen molar-refractivity contribution in [2.24, 2.45) is 0 Å². The first kappa shape index (κ1) is 16.4. The molecule has 0 aliphatic carbocycles. The Balaban J connectivity index is 1.52. The Morgan fingerprint density at radius 1 is 1.35 bits per heavy atom. The highest BCUT2D eigenvalue weighted by molar-refractivity contribution is 5.99. The second kappa shape index (κ2) is 6.36. The standard InChI is InChI=1S/C18H20N4O4/c1-11-8-16(26-20-11)13-4-3-7-22(13)18(24)19-12-5-6-15-14(9-12)21(2)17(23)10-25-15/h5-6,8-9,13H,3-4,7,10H2,1-2H3,(H,19,24)/t13-/m1/s1. The Hall–Kier alpha value is -3.03. The molecule has 0 unspecified atom stereocenters. The minimum atomic E-state index is -0.202. The van der Waals surface area contributed by atoms with Crippen LogP contribution in [-0.4, -0.2) is 42.2 Å². The van der Waals surface area contributed by atoms with Crippen LogP contribution in [0.3, 0.4) is 0 Å². The van der Waals surface area contributed by atoms with E-state index in [0.29, 0.717) is 29.4 Å². The van der Waals surface area contributed by atoms with Gasteiger partial charge in [0.15, 0.2) is 12.4 Å². The number of likely N-dealkylation sites (tertiary alicyclic amines) is 1. The number of carbonyl (C=O) groups excluding carboxylic acids is 2. The van der Waals surface area contributed by atoms with Crippen LogP contribution in [0, 0.1) is 6.92 Å². The van der Waals surface area contributed by atoms with Crippen LogP contribution in [-0.2, 0) is 4.79 Å². The van der Waals surface area contributed by atoms with Gasteiger partial charge in [0.25, 0.3) is 5.91 Å². The van der Waals surface area contributed by atoms with Gasteiger partial charge >= 0.3 is 6.03 Å². The molecule has 0 saturated carbocycles. The van der Waals surface area contributed by atoms with Crippen molar-refractivity contribution >= 4 is 23.3 Å². The van der Waals surface area contributed by atoms with Gasteiger partial charge in [-0.05, 0) is 38.0 Å². The van der Waals surface area contributed by atoms with Crippen LogP contribution >= 0.6 is 0 Å². The molecule has 1 aromatic carbocycles. The molecule has 2 aliphatic heterocycles. The largest absolute Gasteiger partial charge is 0.482 e. The van der Waals surface area contributed by atoms with Gasteiger partial charge in [-0.2, -0.15) is 0 Å². The first-order valence-electron chi connectivity index (χ1n) is 8.57. The lowest BCUT2D eigenvalue weighted by atomic mass is 10.1. The number of nitrogens with one attached hydrogen (secondary N) is 1. The van der Waals surface area contributed by atoms with Crippen molar-refractivity contribution in [1.82, 2.24) is 10.1 Å². The highest BCUT2D eigenvalue weighted by atomic mass is 16.5. The van der Waals surface area contributed by atoms with Crippen LogP contribution in [0.25, 0.3) is 0 Å². The summed E-state index contributed by atoms with van der Waals surface area (Å²) in [5.41, 5.74) is 2.05. The maximum atomic E-state index is 12.8. The zero-order chi connectivity index (χ0) is 18.3. The van der Waals surface area contributed by atoms with Gasteiger partial charge in [0.1, 0.15) is 5.75 Å². The van der Waals surface area contributed by atoms with E-state index in [9.17, 15) is 9.59 Å². The molecule has 3 heterocycles. The normalized spacial score (nSPS) is 19.3. The topological polar surface area (TPSA) is 87.9 Å². The summed E-state index contributed by atoms with van der Waals surface area (Å²) >= 11 is 0. The van der Waals surface area contributed by atoms with E-state index in [1.807, 2.05) is 13.0 Å². The predicted octanol–water partition coefficient (Wildman–Crippen LogP) is 2.71. The molecule has 26 heavy (non-hydrogen) atoms. The zero-order valence-electron chi connectivity index (χ0n) is 14.7. The molecular weight excluding hydrogens is 336 g/mol. The van der Waals surface area contributed by atoms with Crippen LogP contribution < -0.4 is 15.0 Å². The fraction of sp³-hybridized carbons (Fsp3) is 0.389. The Morgan fingerprint density at radius 3 is 2.96 bits per heavy atom. The minimum Gasteiger partial charge on any atom is -0.482 e. The Kier molecular flexibility index (Phi) is 4.02. The lowest BCUT2D eigenvalue weighted by molar-refractivity contribution is -0.120. The quantitative estimate of drug-likeness (QED) is 0.894. The molecule has 0 spiro atoms. The number of aromatic nitrogens is 1. The van der Waals surface area contributed by atoms with Gasteiger partial charge in [0, 0.05) is 25.3 Å². The summed E-state index contributed by atoms with van der Waals surface area (Å²) in [7, 11) is 1.69. The Bertz CT molecular complexity index is 863. The summed E-state index contributed by atoms with van der Waals surface area (Å²) in [6.07, 6.45) is 1.75. The third-order valence-electron chi connectivity index (χ3n) is 4.79. The molecule has 1 atom stereocenters. The Morgan fingerprint density at radius 2 is 2.19 bits per heavy atom. The summed E-state index contributed by atoms with van der Waals surface area (Å²) < 4.78 is 10.8. The average Bonchev–Trinajstić information content (AvgIpc) is 3.27. The van der Waals surface area contributed by atoms with E-state index in [0.717, 1.165) is 18.5 Å². The van der Waals surface area contributed by atoms with E-state index in [4.69, 9.17) is 9.26 Å². The summed E-state index contributed by atoms with van der Waals surface area (Å²) in [6, 6.07) is 6.83. The van der Waals surface area contributed by atoms with Crippen LogP contribution in [0.15, 0.2) is 28.8 Å². The van der Waals surface area contributed by atoms with E-state index in [1.54, 1.807) is 30.1 Å². The number of nitrogens with zero attached hydrogens (tertiary/aromatic N) is 3. The molecule has 1 fully saturated rings. The van der Waals surface area contributed by atoms with Gasteiger partial charge in [0.05, 0.1) is 17.4 Å². The molecule has 1 saturated heterocycles. The smallest absolute Gasteiger partial charge is 0.322 e. The second-order valence-corrected chi connectivity index (χ2v) is 6.58. The van der Waals surface area contributed by atoms with Gasteiger partial charge in [-0.1, -0.05) is 5.16 Å². The monoisotopic (exact) mass is 356 g/mol. The molecule has 1 aromatic heterocycles. The van der Waals surface area contributed by atoms with Crippen molar-refractivity contribution in [2.75, 3.05) is 30.4 Å². The molecule has 3 amide bonds. The number of anilines is 2. The minimum absolute atomic E-state index is 0.0290. The van der Waals surface area contributed by atoms with Crippen molar-refractivity contribution in [1.29, 1.82) is 0 Å². The number of urea groups is 1. The number of hydrogen-bond acceptors (Lipinski definition) is 5. The SMILES string of the molecule is Cc1cc([C@H]2CCCN2C(=O)Nc2ccc3c(c2)N(C)C(=O)CO3)on1. The maximum Gasteiger partial charge on any atom is 0.322 e. The average molecular weight is 356 g/mol. The van der Waals surface area contributed by atoms with Crippen LogP contribution in [0.2, 0.25) is 0 Å². The molecular formula is C18H20N4O4. The third-order valence-corrected chi connectivity index (χ3v) is 4.79. The highest BCUT2D eigenvalue weighted by Crippen LogP contribution is 2.35. The van der Waals surface area contributed by atoms with E-state index < -0.39 is 0 Å². The lowest BCUT2D eigenvalue weighted by Gasteiger charge is -2.27. The molecule has 136 valence electrons. The second-order valence-electron chi connectivity index (χ2n) is 6.58. The lowest BCUT2D eigenvalue weighted by Crippen LogP contribution is -2.36. The van der Waals surface area contributed by atoms with Gasteiger partial charge in [-0.25, -0.2) is 4.79 Å². The number of likely N-dealkylation sites (N-methyl/N-ethyl adjacent to an activating group) is 1. The van der Waals surface area contributed by atoms with Gasteiger partial charge in [0.2, 0.25) is 0 Å². The van der Waals surface area contributed by atoms with Crippen molar-refractivity contribution in [3.8, 4) is 5.75 Å². The first-order valence-corrected chi connectivity index (χ1v) is 8.57. The van der Waals surface area contributed by atoms with E-state index >= 15 is 0 Å². The van der Waals surface area contributed by atoms with Crippen LogP contribution in [0.4, 0.5) is 16.2 Å². The molecule has 0 radical (unpaired) electrons. The number of rotatable bonds is 2. The van der Waals surface area contributed by atoms with Crippen LogP contribution in [0.1, 0.15) is 30.3 Å². The molecule has 4 rings (SSSR count). The molecule has 2 aromatic rings. The molecule has 1 N–H and O–H groups in total. The highest BCUT2D eigenvalue weighted by Gasteiger charge is 2.33. The fourth-order valence-corrected chi connectivity index (χ4v) is 3.39. The summed E-state index contributed by atoms with van der Waals surface area (Å²) in [6.45, 7) is 2.54. The molecule has 8 nitrogen and oxygen atoms in total. The summed E-state index contributed by atoms with van der Waals surface area (Å²) in [4.78, 5) is 27.8. The van der Waals surface area contributed by atoms with Crippen molar-refractivity contribution in [2.45, 2.75) is 25.8 Å². The maximum absolute atomic E-state index is 12.8. The van der Waals surface area contributed by atoms with Gasteiger partial charge < -0.3 is 24.4 Å². The van der Waals surface area contributed by atoms with Gasteiger partial charge in [-0.3, -0.25) is 4.79 Å². The zero-order valence-corrected chi connectivity index (χ0v) is 14.7. The fourth-order valence-electron chi connectivity index (χ4n) is 3.39. The number of benzene rings is 1. The summed E-state index contributed by atoms with van der Waals surface area (Å²) in [5, 5.41) is 6.83. The van der Waals surface area contributed by atoms with Crippen LogP contribution in [0.5, 0.6) is 5.75 Å². The number of fused-ring (bicyclic) bond motifs is 1. The summed E-state index contributed by atoms with van der Waals surface area (Å²) in [5.74, 6) is 1.21. The molecule has 0 bridgehead atoms. The number of carbonyl (C=O) groups is 2. The number of amides is 3. The molecule has 2 aliphatic rings. The van der Waals surface area contributed by atoms with E-state index in [-0.39, 0.29) is 24.6 Å². The number of hydrogen-bond donors (Lipinski definition) is 1.